The van der Waals surface area contributed by atoms with E-state index in [0.29, 0.717) is 6.61 Å². The Bertz CT molecular complexity index is 192. The van der Waals surface area contributed by atoms with Crippen LogP contribution in [-0.4, -0.2) is 45.9 Å². The minimum atomic E-state index is -0.0519. The molecule has 2 fully saturated rings. The number of ether oxygens (including phenoxy) is 4. The van der Waals surface area contributed by atoms with E-state index in [4.69, 9.17) is 18.9 Å². The molecule has 0 radical (unpaired) electrons. The number of hydrogen-bond acceptors (Lipinski definition) is 4. The second kappa shape index (κ2) is 5.96. The fraction of sp³-hybridized carbons (Fsp3) is 1.00. The van der Waals surface area contributed by atoms with Crippen molar-refractivity contribution in [1.29, 1.82) is 0 Å². The van der Waals surface area contributed by atoms with Crippen LogP contribution in [0.1, 0.15) is 26.2 Å². The summed E-state index contributed by atoms with van der Waals surface area (Å²) in [5, 5.41) is 0. The molecular weight excluding hydrogens is 208 g/mol. The van der Waals surface area contributed by atoms with Crippen molar-refractivity contribution in [1.82, 2.24) is 0 Å². The van der Waals surface area contributed by atoms with Crippen molar-refractivity contribution in [2.24, 2.45) is 5.41 Å². The van der Waals surface area contributed by atoms with E-state index in [0.717, 1.165) is 52.3 Å². The maximum atomic E-state index is 5.69. The zero-order valence-electron chi connectivity index (χ0n) is 10.1. The molecule has 4 nitrogen and oxygen atoms in total. The third kappa shape index (κ3) is 3.17. The lowest BCUT2D eigenvalue weighted by Crippen LogP contribution is -2.45. The molecule has 16 heavy (non-hydrogen) atoms. The first-order chi connectivity index (χ1) is 7.85. The molecule has 0 aromatic rings. The molecule has 94 valence electrons. The summed E-state index contributed by atoms with van der Waals surface area (Å²) in [4.78, 5) is 0. The standard InChI is InChI=1S/C12H22O4/c1-2-12(9-14-10-12)8-13-7-4-11-15-5-3-6-16-11/h11H,2-10H2,1H3. The molecule has 2 aliphatic heterocycles. The van der Waals surface area contributed by atoms with E-state index in [-0.39, 0.29) is 11.7 Å². The molecule has 0 amide bonds. The van der Waals surface area contributed by atoms with Gasteiger partial charge in [0.25, 0.3) is 0 Å². The molecule has 0 bridgehead atoms. The Morgan fingerprint density at radius 3 is 2.56 bits per heavy atom. The largest absolute Gasteiger partial charge is 0.380 e. The van der Waals surface area contributed by atoms with Crippen molar-refractivity contribution in [3.63, 3.8) is 0 Å². The minimum Gasteiger partial charge on any atom is -0.380 e. The second-order valence-corrected chi connectivity index (χ2v) is 4.71. The predicted octanol–water partition coefficient (Wildman–Crippen LogP) is 1.58. The lowest BCUT2D eigenvalue weighted by Gasteiger charge is -2.40. The van der Waals surface area contributed by atoms with Crippen LogP contribution in [0.3, 0.4) is 0 Å². The van der Waals surface area contributed by atoms with Crippen LogP contribution < -0.4 is 0 Å². The first kappa shape index (κ1) is 12.3. The number of hydrogen-bond donors (Lipinski definition) is 0. The SMILES string of the molecule is CCC1(COCCC2OCCCO2)COC1. The second-order valence-electron chi connectivity index (χ2n) is 4.71. The van der Waals surface area contributed by atoms with Gasteiger partial charge in [0.1, 0.15) is 0 Å². The average molecular weight is 230 g/mol. The third-order valence-corrected chi connectivity index (χ3v) is 3.37. The summed E-state index contributed by atoms with van der Waals surface area (Å²) in [6.07, 6.45) is 2.92. The van der Waals surface area contributed by atoms with E-state index in [1.165, 1.54) is 0 Å². The van der Waals surface area contributed by atoms with Crippen LogP contribution in [0.15, 0.2) is 0 Å². The lowest BCUT2D eigenvalue weighted by molar-refractivity contribution is -0.192. The molecule has 2 saturated heterocycles. The van der Waals surface area contributed by atoms with E-state index in [2.05, 4.69) is 6.92 Å². The van der Waals surface area contributed by atoms with E-state index in [9.17, 15) is 0 Å². The molecule has 0 atom stereocenters. The molecule has 2 heterocycles. The molecule has 2 rings (SSSR count). The van der Waals surface area contributed by atoms with Crippen LogP contribution >= 0.6 is 0 Å². The zero-order valence-corrected chi connectivity index (χ0v) is 10.1. The van der Waals surface area contributed by atoms with Crippen LogP contribution in [0.2, 0.25) is 0 Å². The molecular formula is C12H22O4. The van der Waals surface area contributed by atoms with Gasteiger partial charge in [-0.1, -0.05) is 6.92 Å². The normalized spacial score (nSPS) is 25.3. The van der Waals surface area contributed by atoms with Crippen molar-refractivity contribution >= 4 is 0 Å². The van der Waals surface area contributed by atoms with Gasteiger partial charge in [0, 0.05) is 11.8 Å². The first-order valence-electron chi connectivity index (χ1n) is 6.23. The van der Waals surface area contributed by atoms with E-state index < -0.39 is 0 Å². The van der Waals surface area contributed by atoms with Gasteiger partial charge in [0.15, 0.2) is 6.29 Å². The smallest absolute Gasteiger partial charge is 0.159 e. The summed E-state index contributed by atoms with van der Waals surface area (Å²) in [7, 11) is 0. The Hall–Kier alpha value is -0.160. The summed E-state index contributed by atoms with van der Waals surface area (Å²) in [5.41, 5.74) is 0.286. The van der Waals surface area contributed by atoms with Gasteiger partial charge in [-0.25, -0.2) is 0 Å². The molecule has 0 aromatic heterocycles. The third-order valence-electron chi connectivity index (χ3n) is 3.37. The van der Waals surface area contributed by atoms with Crippen LogP contribution in [0.5, 0.6) is 0 Å². The van der Waals surface area contributed by atoms with Crippen molar-refractivity contribution in [2.75, 3.05) is 39.6 Å². The highest BCUT2D eigenvalue weighted by atomic mass is 16.7. The molecule has 0 unspecified atom stereocenters. The van der Waals surface area contributed by atoms with E-state index >= 15 is 0 Å². The monoisotopic (exact) mass is 230 g/mol. The van der Waals surface area contributed by atoms with Gasteiger partial charge in [0.05, 0.1) is 39.6 Å². The van der Waals surface area contributed by atoms with Crippen LogP contribution in [0.4, 0.5) is 0 Å². The van der Waals surface area contributed by atoms with Gasteiger partial charge >= 0.3 is 0 Å². The Labute approximate surface area is 97.2 Å². The lowest BCUT2D eigenvalue weighted by atomic mass is 9.84. The van der Waals surface area contributed by atoms with Crippen LogP contribution in [-0.2, 0) is 18.9 Å². The van der Waals surface area contributed by atoms with Crippen LogP contribution in [0.25, 0.3) is 0 Å². The average Bonchev–Trinajstić information content (AvgIpc) is 2.29. The highest BCUT2D eigenvalue weighted by molar-refractivity contribution is 4.83. The van der Waals surface area contributed by atoms with Gasteiger partial charge in [-0.2, -0.15) is 0 Å². The van der Waals surface area contributed by atoms with Crippen LogP contribution in [0, 0.1) is 5.41 Å². The Kier molecular flexibility index (Phi) is 4.58. The Balaban J connectivity index is 1.54. The molecule has 0 aromatic carbocycles. The van der Waals surface area contributed by atoms with Gasteiger partial charge in [-0.3, -0.25) is 0 Å². The highest BCUT2D eigenvalue weighted by Gasteiger charge is 2.36. The van der Waals surface area contributed by atoms with Crippen molar-refractivity contribution in [3.8, 4) is 0 Å². The van der Waals surface area contributed by atoms with Gasteiger partial charge in [-0.15, -0.1) is 0 Å². The summed E-state index contributed by atoms with van der Waals surface area (Å²) in [6, 6.07) is 0. The van der Waals surface area contributed by atoms with Crippen molar-refractivity contribution < 1.29 is 18.9 Å². The maximum Gasteiger partial charge on any atom is 0.159 e. The Morgan fingerprint density at radius 2 is 2.00 bits per heavy atom. The van der Waals surface area contributed by atoms with E-state index in [1.54, 1.807) is 0 Å². The zero-order chi connectivity index (χ0) is 11.3. The van der Waals surface area contributed by atoms with Gasteiger partial charge < -0.3 is 18.9 Å². The summed E-state index contributed by atoms with van der Waals surface area (Å²) in [6.45, 7) is 7.04. The maximum absolute atomic E-state index is 5.69. The summed E-state index contributed by atoms with van der Waals surface area (Å²) < 4.78 is 21.8. The predicted molar refractivity (Wildman–Crippen MR) is 59.3 cm³/mol. The summed E-state index contributed by atoms with van der Waals surface area (Å²) >= 11 is 0. The fourth-order valence-corrected chi connectivity index (χ4v) is 1.95. The summed E-state index contributed by atoms with van der Waals surface area (Å²) in [5.74, 6) is 0. The molecule has 0 N–H and O–H groups in total. The molecule has 4 heteroatoms. The van der Waals surface area contributed by atoms with Gasteiger partial charge in [-0.05, 0) is 12.8 Å². The van der Waals surface area contributed by atoms with Gasteiger partial charge in [0.2, 0.25) is 0 Å². The van der Waals surface area contributed by atoms with Crippen molar-refractivity contribution in [2.45, 2.75) is 32.5 Å². The molecule has 2 aliphatic rings. The minimum absolute atomic E-state index is 0.0519. The first-order valence-corrected chi connectivity index (χ1v) is 6.23. The fourth-order valence-electron chi connectivity index (χ4n) is 1.95. The topological polar surface area (TPSA) is 36.9 Å². The quantitative estimate of drug-likeness (QED) is 0.649. The molecule has 0 spiro atoms. The van der Waals surface area contributed by atoms with Crippen molar-refractivity contribution in [3.05, 3.63) is 0 Å². The van der Waals surface area contributed by atoms with E-state index in [1.807, 2.05) is 0 Å². The molecule has 0 aliphatic carbocycles. The molecule has 0 saturated carbocycles. The Morgan fingerprint density at radius 1 is 1.25 bits per heavy atom. The number of rotatable bonds is 6. The highest BCUT2D eigenvalue weighted by Crippen LogP contribution is 2.31.